The lowest BCUT2D eigenvalue weighted by Gasteiger charge is -2.09. The van der Waals surface area contributed by atoms with Crippen LogP contribution < -0.4 is 4.72 Å². The zero-order valence-electron chi connectivity index (χ0n) is 6.42. The molecule has 1 unspecified atom stereocenters. The van der Waals surface area contributed by atoms with Gasteiger partial charge in [0.15, 0.2) is 0 Å². The fraction of sp³-hybridized carbons (Fsp3) is 0.667. The second-order valence-electron chi connectivity index (χ2n) is 2.23. The van der Waals surface area contributed by atoms with Crippen molar-refractivity contribution in [2.24, 2.45) is 0 Å². The van der Waals surface area contributed by atoms with E-state index in [0.29, 0.717) is 0 Å². The molecule has 0 heterocycles. The number of halogens is 2. The van der Waals surface area contributed by atoms with Crippen molar-refractivity contribution in [1.29, 1.82) is 0 Å². The lowest BCUT2D eigenvalue weighted by atomic mass is 10.3. The molecule has 0 amide bonds. The van der Waals surface area contributed by atoms with Gasteiger partial charge in [-0.25, -0.2) is 13.1 Å². The van der Waals surface area contributed by atoms with E-state index >= 15 is 0 Å². The molecular formula is C6H9F2NO2S. The summed E-state index contributed by atoms with van der Waals surface area (Å²) in [4.78, 5) is 0. The molecule has 6 heteroatoms. The maximum absolute atomic E-state index is 11.7. The first-order valence-electron chi connectivity index (χ1n) is 3.13. The summed E-state index contributed by atoms with van der Waals surface area (Å²) < 4.78 is 46.1. The molecule has 0 rings (SSSR count). The lowest BCUT2D eigenvalue weighted by Crippen LogP contribution is -2.36. The fourth-order valence-corrected chi connectivity index (χ4v) is 1.30. The molecule has 12 heavy (non-hydrogen) atoms. The fourth-order valence-electron chi connectivity index (χ4n) is 0.550. The van der Waals surface area contributed by atoms with E-state index in [1.165, 1.54) is 6.92 Å². The minimum atomic E-state index is -4.50. The molecular weight excluding hydrogens is 188 g/mol. The highest BCUT2D eigenvalue weighted by atomic mass is 32.2. The zero-order chi connectivity index (χ0) is 9.78. The van der Waals surface area contributed by atoms with Gasteiger partial charge in [-0.05, 0) is 6.92 Å². The van der Waals surface area contributed by atoms with Crippen LogP contribution in [0.1, 0.15) is 13.3 Å². The first kappa shape index (κ1) is 11.3. The number of alkyl halides is 2. The van der Waals surface area contributed by atoms with E-state index < -0.39 is 21.8 Å². The quantitative estimate of drug-likeness (QED) is 0.668. The molecule has 0 aromatic heterocycles. The van der Waals surface area contributed by atoms with Gasteiger partial charge in [-0.1, -0.05) is 0 Å². The van der Waals surface area contributed by atoms with Crippen LogP contribution in [0.25, 0.3) is 0 Å². The molecule has 0 saturated carbocycles. The van der Waals surface area contributed by atoms with Gasteiger partial charge in [0.25, 0.3) is 10.0 Å². The topological polar surface area (TPSA) is 46.2 Å². The molecule has 0 aliphatic heterocycles. The number of terminal acetylenes is 1. The summed E-state index contributed by atoms with van der Waals surface area (Å²) in [5, 5.41) is 0. The van der Waals surface area contributed by atoms with E-state index in [1.807, 2.05) is 0 Å². The van der Waals surface area contributed by atoms with Gasteiger partial charge in [0.2, 0.25) is 0 Å². The number of rotatable bonds is 4. The van der Waals surface area contributed by atoms with Crippen molar-refractivity contribution in [3.63, 3.8) is 0 Å². The number of hydrogen-bond donors (Lipinski definition) is 1. The van der Waals surface area contributed by atoms with Crippen LogP contribution in [0, 0.1) is 12.3 Å². The summed E-state index contributed by atoms with van der Waals surface area (Å²) >= 11 is 0. The van der Waals surface area contributed by atoms with Crippen molar-refractivity contribution in [1.82, 2.24) is 4.72 Å². The third-order valence-electron chi connectivity index (χ3n) is 1.02. The first-order chi connectivity index (χ1) is 5.40. The van der Waals surface area contributed by atoms with Gasteiger partial charge in [-0.15, -0.1) is 12.3 Å². The number of nitrogens with one attached hydrogen (secondary N) is 1. The molecule has 0 spiro atoms. The molecule has 1 atom stereocenters. The zero-order valence-corrected chi connectivity index (χ0v) is 7.24. The van der Waals surface area contributed by atoms with Crippen molar-refractivity contribution in [2.75, 3.05) is 0 Å². The van der Waals surface area contributed by atoms with Crippen LogP contribution in [0.15, 0.2) is 0 Å². The third-order valence-corrected chi connectivity index (χ3v) is 2.22. The minimum absolute atomic E-state index is 0.0892. The van der Waals surface area contributed by atoms with E-state index in [0.717, 1.165) is 0 Å². The highest BCUT2D eigenvalue weighted by molar-refractivity contribution is 7.89. The van der Waals surface area contributed by atoms with Gasteiger partial charge < -0.3 is 0 Å². The van der Waals surface area contributed by atoms with Crippen LogP contribution in [0.5, 0.6) is 0 Å². The van der Waals surface area contributed by atoms with Gasteiger partial charge in [0.1, 0.15) is 0 Å². The Morgan fingerprint density at radius 2 is 2.08 bits per heavy atom. The Kier molecular flexibility index (Phi) is 4.13. The average Bonchev–Trinajstić information content (AvgIpc) is 1.85. The van der Waals surface area contributed by atoms with Crippen LogP contribution in [0.2, 0.25) is 0 Å². The number of hydrogen-bond acceptors (Lipinski definition) is 2. The predicted octanol–water partition coefficient (Wildman–Crippen LogP) is 0.540. The third kappa shape index (κ3) is 3.64. The smallest absolute Gasteiger partial charge is 0.207 e. The standard InChI is InChI=1S/C6H9F2NO2S/c1-3-4-5(2)9-12(10,11)6(7)8/h1,5-6,9H,4H2,2H3. The summed E-state index contributed by atoms with van der Waals surface area (Å²) in [6.07, 6.45) is 4.94. The molecule has 0 aromatic rings. The van der Waals surface area contributed by atoms with Crippen molar-refractivity contribution < 1.29 is 17.2 Å². The summed E-state index contributed by atoms with van der Waals surface area (Å²) in [6, 6.07) is -0.658. The second-order valence-corrected chi connectivity index (χ2v) is 3.91. The highest BCUT2D eigenvalue weighted by Gasteiger charge is 2.24. The van der Waals surface area contributed by atoms with Gasteiger partial charge in [0.05, 0.1) is 0 Å². The van der Waals surface area contributed by atoms with E-state index in [2.05, 4.69) is 5.92 Å². The first-order valence-corrected chi connectivity index (χ1v) is 4.67. The summed E-state index contributed by atoms with van der Waals surface area (Å²) in [5.41, 5.74) is 0. The molecule has 70 valence electrons. The van der Waals surface area contributed by atoms with E-state index in [1.54, 1.807) is 4.72 Å². The van der Waals surface area contributed by atoms with Crippen molar-refractivity contribution in [3.05, 3.63) is 0 Å². The molecule has 0 bridgehead atoms. The molecule has 0 radical (unpaired) electrons. The largest absolute Gasteiger partial charge is 0.350 e. The molecule has 0 fully saturated rings. The molecule has 0 aromatic carbocycles. The van der Waals surface area contributed by atoms with E-state index in [9.17, 15) is 17.2 Å². The van der Waals surface area contributed by atoms with Gasteiger partial charge in [-0.2, -0.15) is 8.78 Å². The SMILES string of the molecule is C#CCC(C)NS(=O)(=O)C(F)F. The van der Waals surface area contributed by atoms with E-state index in [4.69, 9.17) is 6.42 Å². The average molecular weight is 197 g/mol. The second kappa shape index (κ2) is 4.38. The van der Waals surface area contributed by atoms with Crippen molar-refractivity contribution in [2.45, 2.75) is 25.1 Å². The molecule has 0 aliphatic rings. The van der Waals surface area contributed by atoms with Crippen LogP contribution in [0.3, 0.4) is 0 Å². The van der Waals surface area contributed by atoms with Gasteiger partial charge >= 0.3 is 5.76 Å². The van der Waals surface area contributed by atoms with Gasteiger partial charge in [0, 0.05) is 12.5 Å². The maximum Gasteiger partial charge on any atom is 0.350 e. The highest BCUT2D eigenvalue weighted by Crippen LogP contribution is 2.03. The Hall–Kier alpha value is -0.670. The molecule has 1 N–H and O–H groups in total. The normalized spacial score (nSPS) is 14.2. The lowest BCUT2D eigenvalue weighted by molar-refractivity contribution is 0.231. The number of sulfonamides is 1. The van der Waals surface area contributed by atoms with Crippen LogP contribution in [-0.2, 0) is 10.0 Å². The summed E-state index contributed by atoms with van der Waals surface area (Å²) in [7, 11) is -4.50. The summed E-state index contributed by atoms with van der Waals surface area (Å²) in [5.74, 6) is -1.25. The van der Waals surface area contributed by atoms with Crippen LogP contribution >= 0.6 is 0 Å². The van der Waals surface area contributed by atoms with Crippen LogP contribution in [0.4, 0.5) is 8.78 Å². The molecule has 3 nitrogen and oxygen atoms in total. The van der Waals surface area contributed by atoms with Crippen molar-refractivity contribution in [3.8, 4) is 12.3 Å². The van der Waals surface area contributed by atoms with E-state index in [-0.39, 0.29) is 6.42 Å². The minimum Gasteiger partial charge on any atom is -0.207 e. The summed E-state index contributed by atoms with van der Waals surface area (Å²) in [6.45, 7) is 1.42. The predicted molar refractivity (Wildman–Crippen MR) is 41.0 cm³/mol. The monoisotopic (exact) mass is 197 g/mol. The Balaban J connectivity index is 4.19. The Bertz CT molecular complexity index is 268. The Morgan fingerprint density at radius 1 is 1.58 bits per heavy atom. The maximum atomic E-state index is 11.7. The Morgan fingerprint density at radius 3 is 2.42 bits per heavy atom. The van der Waals surface area contributed by atoms with Crippen molar-refractivity contribution >= 4 is 10.0 Å². The van der Waals surface area contributed by atoms with Gasteiger partial charge in [-0.3, -0.25) is 0 Å². The molecule has 0 aliphatic carbocycles. The van der Waals surface area contributed by atoms with Crippen LogP contribution in [-0.4, -0.2) is 20.2 Å². The molecule has 0 saturated heterocycles. The Labute approximate surface area is 70.2 Å².